The standard InChI is InChI=1S/C12H15ClO3S/c1-2-9-6-7-11(16-10-4-3-5-10)12(8-9)17(13,14)15/h6-8,10H,2-5H2,1H3. The van der Waals surface area contributed by atoms with E-state index in [1.54, 1.807) is 12.1 Å². The van der Waals surface area contributed by atoms with E-state index < -0.39 is 9.05 Å². The molecule has 0 N–H and O–H groups in total. The summed E-state index contributed by atoms with van der Waals surface area (Å²) in [5.41, 5.74) is 0.935. The fourth-order valence-electron chi connectivity index (χ4n) is 1.73. The molecule has 17 heavy (non-hydrogen) atoms. The van der Waals surface area contributed by atoms with Gasteiger partial charge in [0, 0.05) is 10.7 Å². The van der Waals surface area contributed by atoms with Crippen molar-refractivity contribution in [3.63, 3.8) is 0 Å². The second-order valence-electron chi connectivity index (χ2n) is 4.24. The SMILES string of the molecule is CCc1ccc(OC2CCC2)c(S(=O)(=O)Cl)c1. The molecule has 1 aliphatic rings. The van der Waals surface area contributed by atoms with Crippen molar-refractivity contribution in [2.75, 3.05) is 0 Å². The van der Waals surface area contributed by atoms with Gasteiger partial charge in [-0.3, -0.25) is 0 Å². The van der Waals surface area contributed by atoms with E-state index in [9.17, 15) is 8.42 Å². The largest absolute Gasteiger partial charge is 0.489 e. The maximum Gasteiger partial charge on any atom is 0.264 e. The van der Waals surface area contributed by atoms with Gasteiger partial charge in [0.2, 0.25) is 0 Å². The Morgan fingerprint density at radius 1 is 1.41 bits per heavy atom. The highest BCUT2D eigenvalue weighted by Gasteiger charge is 2.23. The first-order chi connectivity index (χ1) is 8.00. The zero-order chi connectivity index (χ0) is 12.5. The van der Waals surface area contributed by atoms with Crippen molar-refractivity contribution < 1.29 is 13.2 Å². The van der Waals surface area contributed by atoms with Crippen LogP contribution in [0.3, 0.4) is 0 Å². The van der Waals surface area contributed by atoms with Crippen LogP contribution >= 0.6 is 10.7 Å². The lowest BCUT2D eigenvalue weighted by Crippen LogP contribution is -2.25. The van der Waals surface area contributed by atoms with E-state index in [0.717, 1.165) is 31.2 Å². The van der Waals surface area contributed by atoms with E-state index in [4.69, 9.17) is 15.4 Å². The average Bonchev–Trinajstić information content (AvgIpc) is 2.22. The van der Waals surface area contributed by atoms with Crippen molar-refractivity contribution in [2.24, 2.45) is 0 Å². The number of rotatable bonds is 4. The van der Waals surface area contributed by atoms with Crippen molar-refractivity contribution >= 4 is 19.7 Å². The van der Waals surface area contributed by atoms with E-state index in [1.165, 1.54) is 0 Å². The molecule has 0 spiro atoms. The van der Waals surface area contributed by atoms with Gasteiger partial charge in [-0.2, -0.15) is 0 Å². The van der Waals surface area contributed by atoms with Gasteiger partial charge in [0.05, 0.1) is 6.10 Å². The van der Waals surface area contributed by atoms with Crippen LogP contribution in [0.25, 0.3) is 0 Å². The monoisotopic (exact) mass is 274 g/mol. The quantitative estimate of drug-likeness (QED) is 0.793. The first-order valence-corrected chi connectivity index (χ1v) is 8.06. The molecule has 1 saturated carbocycles. The van der Waals surface area contributed by atoms with Crippen LogP contribution in [-0.4, -0.2) is 14.5 Å². The molecular formula is C12H15ClO3S. The fourth-order valence-corrected chi connectivity index (χ4v) is 2.74. The van der Waals surface area contributed by atoms with Gasteiger partial charge >= 0.3 is 0 Å². The minimum Gasteiger partial charge on any atom is -0.489 e. The van der Waals surface area contributed by atoms with E-state index >= 15 is 0 Å². The Balaban J connectivity index is 2.35. The topological polar surface area (TPSA) is 43.4 Å². The van der Waals surface area contributed by atoms with E-state index in [1.807, 2.05) is 13.0 Å². The Labute approximate surface area is 106 Å². The predicted molar refractivity (Wildman–Crippen MR) is 67.1 cm³/mol. The Kier molecular flexibility index (Phi) is 3.64. The van der Waals surface area contributed by atoms with Crippen molar-refractivity contribution in [3.05, 3.63) is 23.8 Å². The second kappa shape index (κ2) is 4.86. The molecule has 0 saturated heterocycles. The van der Waals surface area contributed by atoms with Crippen molar-refractivity contribution in [1.29, 1.82) is 0 Å². The van der Waals surface area contributed by atoms with Gasteiger partial charge < -0.3 is 4.74 Å². The molecule has 0 radical (unpaired) electrons. The third-order valence-corrected chi connectivity index (χ3v) is 4.37. The molecule has 0 heterocycles. The van der Waals surface area contributed by atoms with Gasteiger partial charge in [0.25, 0.3) is 9.05 Å². The van der Waals surface area contributed by atoms with Gasteiger partial charge in [0.1, 0.15) is 10.6 Å². The molecule has 1 fully saturated rings. The molecule has 0 aliphatic heterocycles. The zero-order valence-electron chi connectivity index (χ0n) is 9.65. The molecule has 1 aliphatic carbocycles. The Morgan fingerprint density at radius 3 is 2.59 bits per heavy atom. The normalized spacial score (nSPS) is 16.6. The van der Waals surface area contributed by atoms with Gasteiger partial charge in [-0.15, -0.1) is 0 Å². The molecule has 0 bridgehead atoms. The van der Waals surface area contributed by atoms with Crippen LogP contribution in [0.5, 0.6) is 5.75 Å². The number of benzene rings is 1. The summed E-state index contributed by atoms with van der Waals surface area (Å²) in [6, 6.07) is 5.17. The summed E-state index contributed by atoms with van der Waals surface area (Å²) in [4.78, 5) is 0.0883. The second-order valence-corrected chi connectivity index (χ2v) is 6.78. The Hall–Kier alpha value is -0.740. The summed E-state index contributed by atoms with van der Waals surface area (Å²) in [7, 11) is 1.68. The highest BCUT2D eigenvalue weighted by molar-refractivity contribution is 8.13. The van der Waals surface area contributed by atoms with Gasteiger partial charge in [0.15, 0.2) is 0 Å². The molecule has 0 unspecified atom stereocenters. The smallest absolute Gasteiger partial charge is 0.264 e. The van der Waals surface area contributed by atoms with Crippen molar-refractivity contribution in [2.45, 2.75) is 43.6 Å². The van der Waals surface area contributed by atoms with Gasteiger partial charge in [-0.05, 0) is 43.4 Å². The van der Waals surface area contributed by atoms with Crippen molar-refractivity contribution in [1.82, 2.24) is 0 Å². The lowest BCUT2D eigenvalue weighted by atomic mass is 9.96. The summed E-state index contributed by atoms with van der Waals surface area (Å²) < 4.78 is 28.6. The van der Waals surface area contributed by atoms with Crippen LogP contribution < -0.4 is 4.74 Å². The van der Waals surface area contributed by atoms with Crippen LogP contribution in [0, 0.1) is 0 Å². The van der Waals surface area contributed by atoms with Crippen LogP contribution in [0.15, 0.2) is 23.1 Å². The molecule has 2 rings (SSSR count). The maximum absolute atomic E-state index is 11.5. The lowest BCUT2D eigenvalue weighted by Gasteiger charge is -2.27. The molecule has 94 valence electrons. The lowest BCUT2D eigenvalue weighted by molar-refractivity contribution is 0.116. The molecular weight excluding hydrogens is 260 g/mol. The molecule has 0 amide bonds. The number of hydrogen-bond donors (Lipinski definition) is 0. The zero-order valence-corrected chi connectivity index (χ0v) is 11.2. The number of halogens is 1. The van der Waals surface area contributed by atoms with Crippen molar-refractivity contribution in [3.8, 4) is 5.75 Å². The van der Waals surface area contributed by atoms with Crippen LogP contribution in [0.1, 0.15) is 31.7 Å². The highest BCUT2D eigenvalue weighted by atomic mass is 35.7. The minimum absolute atomic E-state index is 0.0883. The third-order valence-electron chi connectivity index (χ3n) is 3.02. The van der Waals surface area contributed by atoms with Crippen LogP contribution in [0.2, 0.25) is 0 Å². The van der Waals surface area contributed by atoms with Gasteiger partial charge in [-0.25, -0.2) is 8.42 Å². The summed E-state index contributed by atoms with van der Waals surface area (Å²) in [5.74, 6) is 0.377. The molecule has 3 nitrogen and oxygen atoms in total. The van der Waals surface area contributed by atoms with E-state index in [2.05, 4.69) is 0 Å². The third kappa shape index (κ3) is 2.93. The minimum atomic E-state index is -3.75. The summed E-state index contributed by atoms with van der Waals surface area (Å²) in [6.45, 7) is 1.96. The summed E-state index contributed by atoms with van der Waals surface area (Å²) in [6.07, 6.45) is 4.01. The predicted octanol–water partition coefficient (Wildman–Crippen LogP) is 3.11. The van der Waals surface area contributed by atoms with E-state index in [0.29, 0.717) is 5.75 Å². The first kappa shape index (κ1) is 12.7. The van der Waals surface area contributed by atoms with E-state index in [-0.39, 0.29) is 11.0 Å². The van der Waals surface area contributed by atoms with Gasteiger partial charge in [-0.1, -0.05) is 13.0 Å². The molecule has 1 aromatic carbocycles. The molecule has 5 heteroatoms. The summed E-state index contributed by atoms with van der Waals surface area (Å²) in [5, 5.41) is 0. The molecule has 0 aromatic heterocycles. The average molecular weight is 275 g/mol. The summed E-state index contributed by atoms with van der Waals surface area (Å²) >= 11 is 0. The Morgan fingerprint density at radius 2 is 2.12 bits per heavy atom. The number of hydrogen-bond acceptors (Lipinski definition) is 3. The molecule has 1 aromatic rings. The Bertz CT molecular complexity index is 506. The first-order valence-electron chi connectivity index (χ1n) is 5.75. The maximum atomic E-state index is 11.5. The number of aryl methyl sites for hydroxylation is 1. The van der Waals surface area contributed by atoms with Crippen LogP contribution in [-0.2, 0) is 15.5 Å². The van der Waals surface area contributed by atoms with Crippen LogP contribution in [0.4, 0.5) is 0 Å². The fraction of sp³-hybridized carbons (Fsp3) is 0.500. The molecule has 0 atom stereocenters. The number of ether oxygens (including phenoxy) is 1. The highest BCUT2D eigenvalue weighted by Crippen LogP contribution is 2.32.